The van der Waals surface area contributed by atoms with Gasteiger partial charge in [-0.1, -0.05) is 0 Å². The second-order valence-corrected chi connectivity index (χ2v) is 5.50. The van der Waals surface area contributed by atoms with E-state index in [2.05, 4.69) is 4.99 Å². The molecule has 0 bridgehead atoms. The van der Waals surface area contributed by atoms with E-state index in [0.29, 0.717) is 5.69 Å². The Balaban J connectivity index is 2.45. The van der Waals surface area contributed by atoms with Crippen molar-refractivity contribution in [3.8, 4) is 0 Å². The Bertz CT molecular complexity index is 455. The van der Waals surface area contributed by atoms with Crippen molar-refractivity contribution in [3.05, 3.63) is 23.8 Å². The van der Waals surface area contributed by atoms with Gasteiger partial charge in [-0.05, 0) is 24.5 Å². The molecule has 17 heavy (non-hydrogen) atoms. The van der Waals surface area contributed by atoms with Gasteiger partial charge >= 0.3 is 6.18 Å². The number of hydrogen-bond acceptors (Lipinski definition) is 3. The smallest absolute Gasteiger partial charge is 0.245 e. The van der Waals surface area contributed by atoms with E-state index in [1.807, 2.05) is 6.26 Å². The van der Waals surface area contributed by atoms with Gasteiger partial charge in [0.05, 0.1) is 16.3 Å². The summed E-state index contributed by atoms with van der Waals surface area (Å²) < 4.78 is 37.7. The molecule has 1 aliphatic heterocycles. The van der Waals surface area contributed by atoms with Gasteiger partial charge < -0.3 is 0 Å². The highest BCUT2D eigenvalue weighted by molar-refractivity contribution is 8.13. The van der Waals surface area contributed by atoms with Crippen LogP contribution in [0.1, 0.15) is 12.0 Å². The molecule has 1 nitrogen and oxygen atoms in total. The summed E-state index contributed by atoms with van der Waals surface area (Å²) in [5.41, 5.74) is -0.199. The van der Waals surface area contributed by atoms with Crippen molar-refractivity contribution in [2.24, 2.45) is 4.99 Å². The van der Waals surface area contributed by atoms with Crippen molar-refractivity contribution in [2.75, 3.05) is 12.0 Å². The predicted molar refractivity (Wildman–Crippen MR) is 67.4 cm³/mol. The van der Waals surface area contributed by atoms with E-state index >= 15 is 0 Å². The molecule has 1 heterocycles. The van der Waals surface area contributed by atoms with Crippen LogP contribution < -0.4 is 0 Å². The van der Waals surface area contributed by atoms with Gasteiger partial charge in [0.25, 0.3) is 0 Å². The number of hydrogen-bond donors (Lipinski definition) is 0. The molecule has 0 amide bonds. The van der Waals surface area contributed by atoms with E-state index in [1.165, 1.54) is 17.8 Å². The van der Waals surface area contributed by atoms with Gasteiger partial charge in [0.1, 0.15) is 0 Å². The van der Waals surface area contributed by atoms with Gasteiger partial charge in [-0.25, -0.2) is 4.99 Å². The van der Waals surface area contributed by atoms with Crippen LogP contribution >= 0.6 is 23.5 Å². The highest BCUT2D eigenvalue weighted by Gasteiger charge is 2.31. The van der Waals surface area contributed by atoms with Crippen molar-refractivity contribution in [2.45, 2.75) is 17.5 Å². The van der Waals surface area contributed by atoms with E-state index in [1.54, 1.807) is 11.8 Å². The Labute approximate surface area is 106 Å². The molecule has 0 aliphatic carbocycles. The second kappa shape index (κ2) is 4.94. The average molecular weight is 277 g/mol. The maximum Gasteiger partial charge on any atom is 0.416 e. The molecule has 0 N–H and O–H groups in total. The first-order chi connectivity index (χ1) is 8.00. The van der Waals surface area contributed by atoms with E-state index in [-0.39, 0.29) is 0 Å². The molecule has 0 atom stereocenters. The van der Waals surface area contributed by atoms with E-state index in [0.717, 1.165) is 34.2 Å². The van der Waals surface area contributed by atoms with Crippen molar-refractivity contribution >= 4 is 34.3 Å². The SMILES string of the molecule is CSC1=Nc2cc(C(F)(F)F)ccc2SCC1. The van der Waals surface area contributed by atoms with Crippen LogP contribution in [0.25, 0.3) is 0 Å². The lowest BCUT2D eigenvalue weighted by Crippen LogP contribution is -2.04. The summed E-state index contributed by atoms with van der Waals surface area (Å²) in [6.07, 6.45) is -1.61. The summed E-state index contributed by atoms with van der Waals surface area (Å²) in [5, 5.41) is 0.885. The molecule has 1 aliphatic rings. The molecule has 1 aromatic carbocycles. The summed E-state index contributed by atoms with van der Waals surface area (Å²) in [5.74, 6) is 0.859. The van der Waals surface area contributed by atoms with Gasteiger partial charge in [-0.15, -0.1) is 23.5 Å². The van der Waals surface area contributed by atoms with Crippen LogP contribution in [0.5, 0.6) is 0 Å². The number of aliphatic imine (C=N–C) groups is 1. The van der Waals surface area contributed by atoms with Crippen molar-refractivity contribution in [1.29, 1.82) is 0 Å². The highest BCUT2D eigenvalue weighted by atomic mass is 32.2. The first kappa shape index (κ1) is 12.8. The zero-order valence-electron chi connectivity index (χ0n) is 9.04. The first-order valence-corrected chi connectivity index (χ1v) is 7.17. The molecule has 0 saturated carbocycles. The van der Waals surface area contributed by atoms with Gasteiger partial charge in [0, 0.05) is 17.1 Å². The molecule has 0 saturated heterocycles. The molecule has 0 unspecified atom stereocenters. The van der Waals surface area contributed by atoms with E-state index in [9.17, 15) is 13.2 Å². The third-order valence-electron chi connectivity index (χ3n) is 2.34. The quantitative estimate of drug-likeness (QED) is 0.687. The van der Waals surface area contributed by atoms with Gasteiger partial charge in [-0.2, -0.15) is 13.2 Å². The first-order valence-electron chi connectivity index (χ1n) is 4.96. The third kappa shape index (κ3) is 2.98. The van der Waals surface area contributed by atoms with Crippen LogP contribution in [0.15, 0.2) is 28.1 Å². The average Bonchev–Trinajstić information content (AvgIpc) is 2.48. The Morgan fingerprint density at radius 3 is 2.76 bits per heavy atom. The summed E-state index contributed by atoms with van der Waals surface area (Å²) in [7, 11) is 0. The van der Waals surface area contributed by atoms with Crippen LogP contribution in [0.4, 0.5) is 18.9 Å². The van der Waals surface area contributed by atoms with Gasteiger partial charge in [0.15, 0.2) is 0 Å². The number of thioether (sulfide) groups is 2. The van der Waals surface area contributed by atoms with Crippen LogP contribution in [0, 0.1) is 0 Å². The molecule has 2 rings (SSSR count). The predicted octanol–water partition coefficient (Wildman–Crippen LogP) is 4.59. The summed E-state index contributed by atoms with van der Waals surface area (Å²) in [4.78, 5) is 5.11. The van der Waals surface area contributed by atoms with Crippen LogP contribution in [-0.4, -0.2) is 17.1 Å². The Kier molecular flexibility index (Phi) is 3.73. The molecule has 6 heteroatoms. The largest absolute Gasteiger partial charge is 0.416 e. The highest BCUT2D eigenvalue weighted by Crippen LogP contribution is 2.39. The maximum atomic E-state index is 12.6. The number of alkyl halides is 3. The summed E-state index contributed by atoms with van der Waals surface area (Å²) >= 11 is 3.04. The molecule has 0 fully saturated rings. The third-order valence-corrected chi connectivity index (χ3v) is 4.17. The fraction of sp³-hybridized carbons (Fsp3) is 0.364. The molecule has 92 valence electrons. The number of nitrogens with zero attached hydrogens (tertiary/aromatic N) is 1. The Morgan fingerprint density at radius 2 is 2.12 bits per heavy atom. The zero-order valence-corrected chi connectivity index (χ0v) is 10.7. The molecule has 0 spiro atoms. The standard InChI is InChI=1S/C11H10F3NS2/c1-16-10-4-5-17-9-3-2-7(11(12,13)14)6-8(9)15-10/h2-3,6H,4-5H2,1H3. The fourth-order valence-corrected chi connectivity index (χ4v) is 3.05. The van der Waals surface area contributed by atoms with Crippen molar-refractivity contribution < 1.29 is 13.2 Å². The van der Waals surface area contributed by atoms with Crippen LogP contribution in [0.3, 0.4) is 0 Å². The normalized spacial score (nSPS) is 16.1. The maximum absolute atomic E-state index is 12.6. The van der Waals surface area contributed by atoms with Gasteiger partial charge in [0.2, 0.25) is 0 Å². The monoisotopic (exact) mass is 277 g/mol. The minimum atomic E-state index is -4.30. The lowest BCUT2D eigenvalue weighted by Gasteiger charge is -2.09. The minimum absolute atomic E-state index is 0.437. The van der Waals surface area contributed by atoms with Crippen LogP contribution in [0.2, 0.25) is 0 Å². The number of fused-ring (bicyclic) bond motifs is 1. The van der Waals surface area contributed by atoms with Gasteiger partial charge in [-0.3, -0.25) is 0 Å². The lowest BCUT2D eigenvalue weighted by molar-refractivity contribution is -0.137. The van der Waals surface area contributed by atoms with Crippen molar-refractivity contribution in [3.63, 3.8) is 0 Å². The summed E-state index contributed by atoms with van der Waals surface area (Å²) in [6.45, 7) is 0. The van der Waals surface area contributed by atoms with Crippen LogP contribution in [-0.2, 0) is 6.18 Å². The molecule has 1 aromatic rings. The van der Waals surface area contributed by atoms with Crippen molar-refractivity contribution in [1.82, 2.24) is 0 Å². The Hall–Kier alpha value is -0.620. The minimum Gasteiger partial charge on any atom is -0.245 e. The summed E-state index contributed by atoms with van der Waals surface area (Å²) in [6, 6.07) is 3.75. The number of halogens is 3. The molecule has 0 aromatic heterocycles. The molecular formula is C11H10F3NS2. The molecule has 0 radical (unpaired) electrons. The lowest BCUT2D eigenvalue weighted by atomic mass is 10.2. The Morgan fingerprint density at radius 1 is 1.35 bits per heavy atom. The topological polar surface area (TPSA) is 12.4 Å². The second-order valence-electron chi connectivity index (χ2n) is 3.49. The number of benzene rings is 1. The van der Waals surface area contributed by atoms with E-state index in [4.69, 9.17) is 0 Å². The molecular weight excluding hydrogens is 267 g/mol. The number of rotatable bonds is 0. The fourth-order valence-electron chi connectivity index (χ4n) is 1.49. The zero-order chi connectivity index (χ0) is 12.5. The van der Waals surface area contributed by atoms with E-state index < -0.39 is 11.7 Å².